The Bertz CT molecular complexity index is 956. The van der Waals surface area contributed by atoms with E-state index in [-0.39, 0.29) is 5.91 Å². The number of nitrogens with one attached hydrogen (secondary N) is 1. The van der Waals surface area contributed by atoms with Crippen molar-refractivity contribution in [3.63, 3.8) is 0 Å². The number of hydrazone groups is 1. The van der Waals surface area contributed by atoms with Gasteiger partial charge in [-0.3, -0.25) is 9.78 Å². The summed E-state index contributed by atoms with van der Waals surface area (Å²) >= 11 is 5.80. The van der Waals surface area contributed by atoms with Gasteiger partial charge in [0.2, 0.25) is 0 Å². The lowest BCUT2D eigenvalue weighted by atomic mass is 10.2. The van der Waals surface area contributed by atoms with Crippen LogP contribution in [0.5, 0.6) is 5.75 Å². The standard InChI is InChI=1S/C20H14ClN3O3/c21-17-7-5-15(6-8-17)20(26)27-18-9-3-14(4-10-18)12-23-24-19(25)16-2-1-11-22-13-16/h1-13H,(H,24,25)/b23-12-. The van der Waals surface area contributed by atoms with Gasteiger partial charge in [-0.25, -0.2) is 10.2 Å². The topological polar surface area (TPSA) is 80.6 Å². The predicted octanol–water partition coefficient (Wildman–Crippen LogP) is 3.72. The highest BCUT2D eigenvalue weighted by Gasteiger charge is 2.08. The van der Waals surface area contributed by atoms with Crippen molar-refractivity contribution in [3.05, 3.63) is 94.8 Å². The fourth-order valence-corrected chi connectivity index (χ4v) is 2.23. The van der Waals surface area contributed by atoms with Gasteiger partial charge in [-0.2, -0.15) is 5.10 Å². The van der Waals surface area contributed by atoms with E-state index in [1.54, 1.807) is 66.9 Å². The molecule has 27 heavy (non-hydrogen) atoms. The van der Waals surface area contributed by atoms with Gasteiger partial charge in [-0.15, -0.1) is 0 Å². The lowest BCUT2D eigenvalue weighted by Gasteiger charge is -2.04. The molecule has 1 N–H and O–H groups in total. The lowest BCUT2D eigenvalue weighted by Crippen LogP contribution is -2.17. The van der Waals surface area contributed by atoms with Crippen molar-refractivity contribution in [1.29, 1.82) is 0 Å². The zero-order valence-electron chi connectivity index (χ0n) is 14.0. The fraction of sp³-hybridized carbons (Fsp3) is 0. The van der Waals surface area contributed by atoms with Crippen molar-refractivity contribution in [2.45, 2.75) is 0 Å². The van der Waals surface area contributed by atoms with Gasteiger partial charge in [0.05, 0.1) is 17.3 Å². The maximum absolute atomic E-state index is 12.0. The number of hydrogen-bond donors (Lipinski definition) is 1. The van der Waals surface area contributed by atoms with Crippen LogP contribution in [0.1, 0.15) is 26.3 Å². The SMILES string of the molecule is O=C(N/N=C\c1ccc(OC(=O)c2ccc(Cl)cc2)cc1)c1cccnc1. The molecule has 3 aromatic rings. The van der Waals surface area contributed by atoms with Gasteiger partial charge in [0.25, 0.3) is 5.91 Å². The minimum Gasteiger partial charge on any atom is -0.423 e. The number of benzene rings is 2. The molecule has 3 rings (SSSR count). The van der Waals surface area contributed by atoms with E-state index in [0.29, 0.717) is 21.9 Å². The number of nitrogens with zero attached hydrogens (tertiary/aromatic N) is 2. The molecular weight excluding hydrogens is 366 g/mol. The Labute approximate surface area is 160 Å². The van der Waals surface area contributed by atoms with Crippen LogP contribution in [0.4, 0.5) is 0 Å². The van der Waals surface area contributed by atoms with Crippen molar-refractivity contribution >= 4 is 29.7 Å². The Hall–Kier alpha value is -3.51. The average Bonchev–Trinajstić information content (AvgIpc) is 2.70. The van der Waals surface area contributed by atoms with E-state index in [0.717, 1.165) is 5.56 Å². The monoisotopic (exact) mass is 379 g/mol. The summed E-state index contributed by atoms with van der Waals surface area (Å²) in [6.45, 7) is 0. The summed E-state index contributed by atoms with van der Waals surface area (Å²) in [5, 5.41) is 4.44. The molecule has 0 aliphatic carbocycles. The molecule has 0 aliphatic rings. The van der Waals surface area contributed by atoms with Crippen LogP contribution in [0.3, 0.4) is 0 Å². The molecule has 1 amide bonds. The quantitative estimate of drug-likeness (QED) is 0.317. The molecule has 0 spiro atoms. The second kappa shape index (κ2) is 8.73. The first-order valence-corrected chi connectivity index (χ1v) is 8.31. The molecule has 7 heteroatoms. The Morgan fingerprint density at radius 2 is 1.74 bits per heavy atom. The molecule has 0 fully saturated rings. The van der Waals surface area contributed by atoms with Gasteiger partial charge in [0.15, 0.2) is 0 Å². The number of amides is 1. The largest absolute Gasteiger partial charge is 0.423 e. The number of ether oxygens (including phenoxy) is 1. The van der Waals surface area contributed by atoms with E-state index < -0.39 is 5.97 Å². The summed E-state index contributed by atoms with van der Waals surface area (Å²) in [5.74, 6) is -0.434. The molecule has 0 radical (unpaired) electrons. The van der Waals surface area contributed by atoms with Crippen molar-refractivity contribution < 1.29 is 14.3 Å². The third-order valence-corrected chi connectivity index (χ3v) is 3.73. The molecule has 0 unspecified atom stereocenters. The van der Waals surface area contributed by atoms with Gasteiger partial charge in [-0.1, -0.05) is 11.6 Å². The van der Waals surface area contributed by atoms with Crippen LogP contribution < -0.4 is 10.2 Å². The zero-order valence-corrected chi connectivity index (χ0v) is 14.8. The smallest absolute Gasteiger partial charge is 0.343 e. The number of aromatic nitrogens is 1. The van der Waals surface area contributed by atoms with E-state index in [4.69, 9.17) is 16.3 Å². The summed E-state index contributed by atoms with van der Waals surface area (Å²) in [4.78, 5) is 27.8. The number of esters is 1. The number of carbonyl (C=O) groups is 2. The highest BCUT2D eigenvalue weighted by molar-refractivity contribution is 6.30. The van der Waals surface area contributed by atoms with Crippen molar-refractivity contribution in [2.75, 3.05) is 0 Å². The van der Waals surface area contributed by atoms with Crippen molar-refractivity contribution in [1.82, 2.24) is 10.4 Å². The molecule has 0 saturated carbocycles. The molecule has 1 aromatic heterocycles. The van der Waals surface area contributed by atoms with Gasteiger partial charge < -0.3 is 4.74 Å². The van der Waals surface area contributed by atoms with Crippen LogP contribution in [0.25, 0.3) is 0 Å². The highest BCUT2D eigenvalue weighted by Crippen LogP contribution is 2.15. The lowest BCUT2D eigenvalue weighted by molar-refractivity contribution is 0.0734. The average molecular weight is 380 g/mol. The molecule has 0 saturated heterocycles. The molecule has 134 valence electrons. The van der Waals surface area contributed by atoms with Crippen LogP contribution >= 0.6 is 11.6 Å². The molecule has 2 aromatic carbocycles. The number of halogens is 1. The van der Waals surface area contributed by atoms with Crippen LogP contribution in [0.15, 0.2) is 78.2 Å². The number of pyridine rings is 1. The molecule has 6 nitrogen and oxygen atoms in total. The molecule has 1 heterocycles. The summed E-state index contributed by atoms with van der Waals surface area (Å²) in [7, 11) is 0. The fourth-order valence-electron chi connectivity index (χ4n) is 2.10. The Balaban J connectivity index is 1.56. The second-order valence-corrected chi connectivity index (χ2v) is 5.84. The number of rotatable bonds is 5. The predicted molar refractivity (Wildman–Crippen MR) is 102 cm³/mol. The first-order valence-electron chi connectivity index (χ1n) is 7.93. The van der Waals surface area contributed by atoms with Crippen LogP contribution in [-0.2, 0) is 0 Å². The minimum atomic E-state index is -0.475. The van der Waals surface area contributed by atoms with Gasteiger partial charge >= 0.3 is 5.97 Å². The van der Waals surface area contributed by atoms with Crippen molar-refractivity contribution in [3.8, 4) is 5.75 Å². The zero-order chi connectivity index (χ0) is 19.1. The Morgan fingerprint density at radius 1 is 1.00 bits per heavy atom. The molecular formula is C20H14ClN3O3. The van der Waals surface area contributed by atoms with E-state index in [1.165, 1.54) is 12.4 Å². The highest BCUT2D eigenvalue weighted by atomic mass is 35.5. The first kappa shape index (κ1) is 18.3. The molecule has 0 aliphatic heterocycles. The van der Waals surface area contributed by atoms with Crippen molar-refractivity contribution in [2.24, 2.45) is 5.10 Å². The van der Waals surface area contributed by atoms with Gasteiger partial charge in [0.1, 0.15) is 5.75 Å². The second-order valence-electron chi connectivity index (χ2n) is 5.41. The maximum Gasteiger partial charge on any atom is 0.343 e. The van der Waals surface area contributed by atoms with Gasteiger partial charge in [0, 0.05) is 17.4 Å². The third-order valence-electron chi connectivity index (χ3n) is 3.47. The van der Waals surface area contributed by atoms with E-state index in [9.17, 15) is 9.59 Å². The maximum atomic E-state index is 12.0. The van der Waals surface area contributed by atoms with Gasteiger partial charge in [-0.05, 0) is 66.2 Å². The number of carbonyl (C=O) groups excluding carboxylic acids is 2. The molecule has 0 atom stereocenters. The van der Waals surface area contributed by atoms with Crippen LogP contribution in [0, 0.1) is 0 Å². The van der Waals surface area contributed by atoms with E-state index in [1.807, 2.05) is 0 Å². The van der Waals surface area contributed by atoms with E-state index >= 15 is 0 Å². The van der Waals surface area contributed by atoms with Crippen LogP contribution in [0.2, 0.25) is 5.02 Å². The van der Waals surface area contributed by atoms with E-state index in [2.05, 4.69) is 15.5 Å². The first-order chi connectivity index (χ1) is 13.1. The minimum absolute atomic E-state index is 0.354. The summed E-state index contributed by atoms with van der Waals surface area (Å²) in [5.41, 5.74) is 3.97. The Kier molecular flexibility index (Phi) is 5.91. The van der Waals surface area contributed by atoms with Crippen LogP contribution in [-0.4, -0.2) is 23.1 Å². The number of hydrogen-bond acceptors (Lipinski definition) is 5. The summed E-state index contributed by atoms with van der Waals surface area (Å²) in [6, 6.07) is 16.4. The summed E-state index contributed by atoms with van der Waals surface area (Å²) < 4.78 is 5.29. The Morgan fingerprint density at radius 3 is 2.41 bits per heavy atom. The normalized spacial score (nSPS) is 10.6. The molecule has 0 bridgehead atoms. The summed E-state index contributed by atoms with van der Waals surface area (Å²) in [6.07, 6.45) is 4.52. The third kappa shape index (κ3) is 5.23.